The summed E-state index contributed by atoms with van der Waals surface area (Å²) in [4.78, 5) is 22.7. The molecule has 0 bridgehead atoms. The Morgan fingerprint density at radius 3 is 2.15 bits per heavy atom. The summed E-state index contributed by atoms with van der Waals surface area (Å²) in [6, 6.07) is 22.3. The van der Waals surface area contributed by atoms with E-state index in [0.717, 1.165) is 65.8 Å². The molecule has 2 aromatic carbocycles. The number of para-hydroxylation sites is 1. The number of anilines is 2. The molecule has 0 N–H and O–H groups in total. The van der Waals surface area contributed by atoms with E-state index in [1.165, 1.54) is 0 Å². The van der Waals surface area contributed by atoms with Crippen LogP contribution in [0.1, 0.15) is 0 Å². The Labute approximate surface area is 191 Å². The van der Waals surface area contributed by atoms with Crippen LogP contribution in [0.15, 0.2) is 85.6 Å². The van der Waals surface area contributed by atoms with Gasteiger partial charge in [-0.2, -0.15) is 5.10 Å². The SMILES string of the molecule is c1ccc(-c2cc(N3CCN(c4ncnc5c4cnn5-c4ccccc4)CC3)ncn2)cc1. The summed E-state index contributed by atoms with van der Waals surface area (Å²) in [5, 5.41) is 5.54. The summed E-state index contributed by atoms with van der Waals surface area (Å²) in [6.07, 6.45) is 5.14. The van der Waals surface area contributed by atoms with E-state index >= 15 is 0 Å². The number of nitrogens with zero attached hydrogens (tertiary/aromatic N) is 8. The highest BCUT2D eigenvalue weighted by Gasteiger charge is 2.22. The van der Waals surface area contributed by atoms with Crippen molar-refractivity contribution >= 4 is 22.7 Å². The zero-order chi connectivity index (χ0) is 22.0. The van der Waals surface area contributed by atoms with Crippen LogP contribution < -0.4 is 9.80 Å². The molecule has 3 aromatic heterocycles. The van der Waals surface area contributed by atoms with E-state index in [1.807, 2.05) is 59.4 Å². The zero-order valence-electron chi connectivity index (χ0n) is 18.0. The van der Waals surface area contributed by atoms with E-state index in [9.17, 15) is 0 Å². The molecular weight excluding hydrogens is 412 g/mol. The molecule has 0 amide bonds. The molecule has 1 saturated heterocycles. The molecule has 1 fully saturated rings. The standard InChI is InChI=1S/C25H22N8/c1-3-7-19(8-4-1)22-15-23(27-17-26-22)31-11-13-32(14-12-31)24-21-16-30-33(25(21)29-18-28-24)20-9-5-2-6-10-20/h1-10,15-18H,11-14H2. The lowest BCUT2D eigenvalue weighted by atomic mass is 10.1. The van der Waals surface area contributed by atoms with Gasteiger partial charge in [0.05, 0.1) is 23.0 Å². The molecule has 0 unspecified atom stereocenters. The maximum Gasteiger partial charge on any atom is 0.168 e. The number of aromatic nitrogens is 6. The lowest BCUT2D eigenvalue weighted by molar-refractivity contribution is 0.642. The largest absolute Gasteiger partial charge is 0.353 e. The Bertz CT molecular complexity index is 1380. The fourth-order valence-electron chi connectivity index (χ4n) is 4.28. The van der Waals surface area contributed by atoms with Gasteiger partial charge < -0.3 is 9.80 Å². The fourth-order valence-corrected chi connectivity index (χ4v) is 4.28. The molecule has 1 aliphatic rings. The van der Waals surface area contributed by atoms with Crippen LogP contribution in [0.3, 0.4) is 0 Å². The zero-order valence-corrected chi connectivity index (χ0v) is 18.0. The second kappa shape index (κ2) is 8.31. The van der Waals surface area contributed by atoms with Crippen LogP contribution in [0.2, 0.25) is 0 Å². The first-order valence-corrected chi connectivity index (χ1v) is 11.0. The second-order valence-electron chi connectivity index (χ2n) is 7.93. The number of benzene rings is 2. The minimum absolute atomic E-state index is 0.817. The molecule has 8 heteroatoms. The van der Waals surface area contributed by atoms with Gasteiger partial charge in [-0.25, -0.2) is 24.6 Å². The molecule has 0 radical (unpaired) electrons. The van der Waals surface area contributed by atoms with Crippen molar-refractivity contribution in [2.75, 3.05) is 36.0 Å². The highest BCUT2D eigenvalue weighted by molar-refractivity contribution is 5.87. The van der Waals surface area contributed by atoms with Crippen LogP contribution in [0.4, 0.5) is 11.6 Å². The van der Waals surface area contributed by atoms with Crippen molar-refractivity contribution in [3.05, 3.63) is 85.6 Å². The molecule has 8 nitrogen and oxygen atoms in total. The Morgan fingerprint density at radius 2 is 1.36 bits per heavy atom. The molecule has 0 atom stereocenters. The Hall–Kier alpha value is -4.33. The molecule has 33 heavy (non-hydrogen) atoms. The Balaban J connectivity index is 1.23. The van der Waals surface area contributed by atoms with Gasteiger partial charge in [0.2, 0.25) is 0 Å². The van der Waals surface area contributed by atoms with Gasteiger partial charge in [-0.15, -0.1) is 0 Å². The maximum atomic E-state index is 4.61. The number of rotatable bonds is 4. The van der Waals surface area contributed by atoms with Crippen molar-refractivity contribution in [2.24, 2.45) is 0 Å². The van der Waals surface area contributed by atoms with E-state index < -0.39 is 0 Å². The van der Waals surface area contributed by atoms with Crippen LogP contribution in [0, 0.1) is 0 Å². The summed E-state index contributed by atoms with van der Waals surface area (Å²) in [6.45, 7) is 3.38. The van der Waals surface area contributed by atoms with Gasteiger partial charge in [0.25, 0.3) is 0 Å². The van der Waals surface area contributed by atoms with Crippen molar-refractivity contribution in [3.8, 4) is 16.9 Å². The third-order valence-electron chi connectivity index (χ3n) is 5.97. The van der Waals surface area contributed by atoms with Crippen molar-refractivity contribution in [1.82, 2.24) is 29.7 Å². The molecule has 5 aromatic rings. The third kappa shape index (κ3) is 3.65. The average molecular weight is 435 g/mol. The van der Waals surface area contributed by atoms with Gasteiger partial charge in [0, 0.05) is 37.8 Å². The van der Waals surface area contributed by atoms with E-state index in [1.54, 1.807) is 12.7 Å². The topological polar surface area (TPSA) is 75.9 Å². The highest BCUT2D eigenvalue weighted by atomic mass is 15.3. The minimum Gasteiger partial charge on any atom is -0.353 e. The number of hydrogen-bond donors (Lipinski definition) is 0. The summed E-state index contributed by atoms with van der Waals surface area (Å²) in [5.74, 6) is 1.88. The first-order valence-electron chi connectivity index (χ1n) is 11.0. The Kier molecular flexibility index (Phi) is 4.88. The summed E-state index contributed by atoms with van der Waals surface area (Å²) < 4.78 is 1.86. The van der Waals surface area contributed by atoms with Crippen molar-refractivity contribution in [1.29, 1.82) is 0 Å². The number of piperazine rings is 1. The van der Waals surface area contributed by atoms with E-state index in [-0.39, 0.29) is 0 Å². The second-order valence-corrected chi connectivity index (χ2v) is 7.93. The van der Waals surface area contributed by atoms with Crippen LogP contribution >= 0.6 is 0 Å². The van der Waals surface area contributed by atoms with Crippen LogP contribution in [0.25, 0.3) is 28.0 Å². The lowest BCUT2D eigenvalue weighted by Gasteiger charge is -2.36. The van der Waals surface area contributed by atoms with Gasteiger partial charge in [-0.3, -0.25) is 0 Å². The first-order chi connectivity index (χ1) is 16.4. The van der Waals surface area contributed by atoms with Crippen molar-refractivity contribution < 1.29 is 0 Å². The molecule has 162 valence electrons. The molecular formula is C25H22N8. The average Bonchev–Trinajstić information content (AvgIpc) is 3.34. The van der Waals surface area contributed by atoms with Gasteiger partial charge in [0.1, 0.15) is 24.3 Å². The summed E-state index contributed by atoms with van der Waals surface area (Å²) >= 11 is 0. The van der Waals surface area contributed by atoms with Gasteiger partial charge >= 0.3 is 0 Å². The molecule has 0 aliphatic carbocycles. The summed E-state index contributed by atoms with van der Waals surface area (Å²) in [7, 11) is 0. The minimum atomic E-state index is 0.817. The molecule has 4 heterocycles. The van der Waals surface area contributed by atoms with Crippen molar-refractivity contribution in [2.45, 2.75) is 0 Å². The molecule has 1 aliphatic heterocycles. The predicted molar refractivity (Wildman–Crippen MR) is 129 cm³/mol. The van der Waals surface area contributed by atoms with Crippen LogP contribution in [-0.2, 0) is 0 Å². The number of fused-ring (bicyclic) bond motifs is 1. The lowest BCUT2D eigenvalue weighted by Crippen LogP contribution is -2.47. The molecule has 6 rings (SSSR count). The van der Waals surface area contributed by atoms with E-state index in [2.05, 4.69) is 53.0 Å². The smallest absolute Gasteiger partial charge is 0.168 e. The van der Waals surface area contributed by atoms with Crippen LogP contribution in [-0.4, -0.2) is 55.9 Å². The maximum absolute atomic E-state index is 4.61. The quantitative estimate of drug-likeness (QED) is 0.428. The molecule has 0 spiro atoms. The fraction of sp³-hybridized carbons (Fsp3) is 0.160. The Morgan fingerprint density at radius 1 is 0.667 bits per heavy atom. The normalized spacial score (nSPS) is 14.1. The van der Waals surface area contributed by atoms with Gasteiger partial charge in [-0.05, 0) is 12.1 Å². The monoisotopic (exact) mass is 434 g/mol. The highest BCUT2D eigenvalue weighted by Crippen LogP contribution is 2.27. The number of hydrogen-bond acceptors (Lipinski definition) is 7. The first kappa shape index (κ1) is 19.4. The van der Waals surface area contributed by atoms with Crippen LogP contribution in [0.5, 0.6) is 0 Å². The third-order valence-corrected chi connectivity index (χ3v) is 5.97. The predicted octanol–water partition coefficient (Wildman–Crippen LogP) is 3.60. The van der Waals surface area contributed by atoms with Gasteiger partial charge in [0.15, 0.2) is 5.65 Å². The van der Waals surface area contributed by atoms with E-state index in [0.29, 0.717) is 0 Å². The summed E-state index contributed by atoms with van der Waals surface area (Å²) in [5.41, 5.74) is 3.84. The molecule has 0 saturated carbocycles. The van der Waals surface area contributed by atoms with Gasteiger partial charge in [-0.1, -0.05) is 48.5 Å². The van der Waals surface area contributed by atoms with E-state index in [4.69, 9.17) is 0 Å². The van der Waals surface area contributed by atoms with Crippen molar-refractivity contribution in [3.63, 3.8) is 0 Å².